The maximum atomic E-state index is 13.0. The van der Waals surface area contributed by atoms with Gasteiger partial charge in [0.25, 0.3) is 0 Å². The Morgan fingerprint density at radius 1 is 1.00 bits per heavy atom. The quantitative estimate of drug-likeness (QED) is 0.568. The first-order valence-corrected chi connectivity index (χ1v) is 8.40. The Morgan fingerprint density at radius 2 is 1.79 bits per heavy atom. The number of thiazole rings is 1. The van der Waals surface area contributed by atoms with Crippen LogP contribution in [0.3, 0.4) is 0 Å². The smallest absolute Gasteiger partial charge is 0.422 e. The van der Waals surface area contributed by atoms with Gasteiger partial charge in [0.05, 0.1) is 17.5 Å². The van der Waals surface area contributed by atoms with E-state index in [0.717, 1.165) is 23.6 Å². The van der Waals surface area contributed by atoms with Crippen LogP contribution < -0.4 is 10.1 Å². The van der Waals surface area contributed by atoms with Crippen molar-refractivity contribution in [2.24, 2.45) is 0 Å². The van der Waals surface area contributed by atoms with Gasteiger partial charge in [0.15, 0.2) is 11.7 Å². The summed E-state index contributed by atoms with van der Waals surface area (Å²) in [6.07, 6.45) is -6.72. The number of alkyl halides is 6. The maximum absolute atomic E-state index is 13.0. The number of hydrogen-bond acceptors (Lipinski definition) is 6. The molecule has 0 aliphatic carbocycles. The van der Waals surface area contributed by atoms with Crippen molar-refractivity contribution < 1.29 is 31.1 Å². The molecule has 0 saturated heterocycles. The van der Waals surface area contributed by atoms with E-state index in [9.17, 15) is 26.3 Å². The summed E-state index contributed by atoms with van der Waals surface area (Å²) in [5.74, 6) is -0.460. The predicted octanol–water partition coefficient (Wildman–Crippen LogP) is 5.30. The van der Waals surface area contributed by atoms with Crippen LogP contribution in [-0.2, 0) is 6.18 Å². The van der Waals surface area contributed by atoms with Crippen LogP contribution in [0.5, 0.6) is 5.75 Å². The Balaban J connectivity index is 1.73. The maximum Gasteiger partial charge on any atom is 0.422 e. The van der Waals surface area contributed by atoms with Crippen LogP contribution in [0.4, 0.5) is 37.3 Å². The second kappa shape index (κ2) is 7.62. The molecule has 3 heterocycles. The second-order valence-corrected chi connectivity index (χ2v) is 6.20. The molecule has 28 heavy (non-hydrogen) atoms. The van der Waals surface area contributed by atoms with E-state index in [1.807, 2.05) is 0 Å². The highest BCUT2D eigenvalue weighted by Crippen LogP contribution is 2.35. The van der Waals surface area contributed by atoms with Crippen molar-refractivity contribution >= 4 is 22.3 Å². The first-order chi connectivity index (χ1) is 13.1. The fourth-order valence-corrected chi connectivity index (χ4v) is 2.77. The predicted molar refractivity (Wildman–Crippen MR) is 89.4 cm³/mol. The van der Waals surface area contributed by atoms with E-state index >= 15 is 0 Å². The summed E-state index contributed by atoms with van der Waals surface area (Å²) in [4.78, 5) is 11.8. The Bertz CT molecular complexity index is 939. The van der Waals surface area contributed by atoms with Crippen LogP contribution in [-0.4, -0.2) is 27.7 Å². The third-order valence-corrected chi connectivity index (χ3v) is 4.00. The second-order valence-electron chi connectivity index (χ2n) is 5.34. The minimum absolute atomic E-state index is 0.0713. The van der Waals surface area contributed by atoms with Gasteiger partial charge in [0.1, 0.15) is 17.3 Å². The Morgan fingerprint density at radius 3 is 2.43 bits per heavy atom. The Kier molecular flexibility index (Phi) is 5.40. The first-order valence-electron chi connectivity index (χ1n) is 7.52. The van der Waals surface area contributed by atoms with Crippen LogP contribution in [0.1, 0.15) is 5.56 Å². The molecule has 0 fully saturated rings. The summed E-state index contributed by atoms with van der Waals surface area (Å²) >= 11 is 1.03. The largest absolute Gasteiger partial charge is 0.483 e. The van der Waals surface area contributed by atoms with Crippen LogP contribution in [0, 0.1) is 0 Å². The number of ether oxygens (including phenoxy) is 1. The monoisotopic (exact) mass is 420 g/mol. The number of nitrogens with zero attached hydrogens (tertiary/aromatic N) is 3. The van der Waals surface area contributed by atoms with Crippen molar-refractivity contribution in [1.82, 2.24) is 15.0 Å². The molecule has 0 atom stereocenters. The van der Waals surface area contributed by atoms with Gasteiger partial charge in [-0.25, -0.2) is 9.97 Å². The molecule has 0 amide bonds. The van der Waals surface area contributed by atoms with Gasteiger partial charge < -0.3 is 10.1 Å². The summed E-state index contributed by atoms with van der Waals surface area (Å²) < 4.78 is 80.0. The van der Waals surface area contributed by atoms with Crippen molar-refractivity contribution in [3.05, 3.63) is 47.6 Å². The average molecular weight is 420 g/mol. The molecule has 0 aromatic carbocycles. The van der Waals surface area contributed by atoms with Gasteiger partial charge in [-0.3, -0.25) is 4.98 Å². The number of rotatable bonds is 5. The molecule has 3 aromatic heterocycles. The molecule has 0 spiro atoms. The van der Waals surface area contributed by atoms with Crippen molar-refractivity contribution in [1.29, 1.82) is 0 Å². The van der Waals surface area contributed by atoms with Gasteiger partial charge in [-0.05, 0) is 24.3 Å². The standard InChI is InChI=1S/C16H10F6N4OS/c17-15(18,19)8-27-9-3-4-11(24-6-9)12-7-28-14(25-12)26-13-10(16(20,21)22)2-1-5-23-13/h1-7H,8H2,(H,23,25,26). The van der Waals surface area contributed by atoms with Crippen molar-refractivity contribution in [3.8, 4) is 17.1 Å². The zero-order valence-electron chi connectivity index (χ0n) is 13.7. The molecule has 0 bridgehead atoms. The lowest BCUT2D eigenvalue weighted by Crippen LogP contribution is -2.19. The highest BCUT2D eigenvalue weighted by molar-refractivity contribution is 7.14. The lowest BCUT2D eigenvalue weighted by molar-refractivity contribution is -0.153. The van der Waals surface area contributed by atoms with E-state index in [-0.39, 0.29) is 16.7 Å². The van der Waals surface area contributed by atoms with Crippen LogP contribution >= 0.6 is 11.3 Å². The van der Waals surface area contributed by atoms with Gasteiger partial charge in [0.2, 0.25) is 0 Å². The molecule has 5 nitrogen and oxygen atoms in total. The van der Waals surface area contributed by atoms with E-state index in [4.69, 9.17) is 0 Å². The Labute approximate surface area is 158 Å². The molecule has 3 rings (SSSR count). The normalized spacial score (nSPS) is 12.1. The van der Waals surface area contributed by atoms with Gasteiger partial charge in [-0.15, -0.1) is 11.3 Å². The summed E-state index contributed by atoms with van der Waals surface area (Å²) in [6.45, 7) is -1.44. The van der Waals surface area contributed by atoms with E-state index in [1.165, 1.54) is 29.8 Å². The van der Waals surface area contributed by atoms with E-state index < -0.39 is 24.5 Å². The molecular formula is C16H10F6N4OS. The van der Waals surface area contributed by atoms with E-state index in [0.29, 0.717) is 11.4 Å². The molecule has 0 aliphatic heterocycles. The lowest BCUT2D eigenvalue weighted by Gasteiger charge is -2.11. The van der Waals surface area contributed by atoms with Crippen molar-refractivity contribution in [2.75, 3.05) is 11.9 Å². The van der Waals surface area contributed by atoms with Crippen molar-refractivity contribution in [2.45, 2.75) is 12.4 Å². The molecule has 1 N–H and O–H groups in total. The minimum Gasteiger partial charge on any atom is -0.483 e. The third-order valence-electron chi connectivity index (χ3n) is 3.24. The Hall–Kier alpha value is -2.89. The fourth-order valence-electron chi connectivity index (χ4n) is 2.07. The number of halogens is 6. The summed E-state index contributed by atoms with van der Waals surface area (Å²) in [6, 6.07) is 4.76. The molecule has 148 valence electrons. The SMILES string of the molecule is FC(F)(F)COc1ccc(-c2csc(Nc3ncccc3C(F)(F)F)n2)nc1. The summed E-state index contributed by atoms with van der Waals surface area (Å²) in [7, 11) is 0. The molecule has 3 aromatic rings. The molecule has 0 saturated carbocycles. The van der Waals surface area contributed by atoms with Gasteiger partial charge in [0, 0.05) is 11.6 Å². The highest BCUT2D eigenvalue weighted by Gasteiger charge is 2.34. The topological polar surface area (TPSA) is 59.9 Å². The number of aromatic nitrogens is 3. The average Bonchev–Trinajstić information content (AvgIpc) is 3.08. The van der Waals surface area contributed by atoms with Crippen molar-refractivity contribution in [3.63, 3.8) is 0 Å². The van der Waals surface area contributed by atoms with Crippen LogP contribution in [0.15, 0.2) is 42.0 Å². The van der Waals surface area contributed by atoms with Crippen LogP contribution in [0.25, 0.3) is 11.4 Å². The lowest BCUT2D eigenvalue weighted by atomic mass is 10.2. The fraction of sp³-hybridized carbons (Fsp3) is 0.188. The zero-order valence-corrected chi connectivity index (χ0v) is 14.5. The van der Waals surface area contributed by atoms with Gasteiger partial charge >= 0.3 is 12.4 Å². The zero-order chi connectivity index (χ0) is 20.4. The summed E-state index contributed by atoms with van der Waals surface area (Å²) in [5, 5.41) is 4.21. The first kappa shape index (κ1) is 19.9. The minimum atomic E-state index is -4.58. The van der Waals surface area contributed by atoms with E-state index in [1.54, 1.807) is 0 Å². The summed E-state index contributed by atoms with van der Waals surface area (Å²) in [5.41, 5.74) is -0.281. The molecule has 12 heteroatoms. The third kappa shape index (κ3) is 5.09. The molecule has 0 radical (unpaired) electrons. The number of anilines is 2. The number of hydrogen-bond donors (Lipinski definition) is 1. The number of nitrogens with one attached hydrogen (secondary N) is 1. The molecule has 0 unspecified atom stereocenters. The van der Waals surface area contributed by atoms with E-state index in [2.05, 4.69) is 25.0 Å². The highest BCUT2D eigenvalue weighted by atomic mass is 32.1. The number of pyridine rings is 2. The molecular weight excluding hydrogens is 410 g/mol. The van der Waals surface area contributed by atoms with Gasteiger partial charge in [-0.2, -0.15) is 26.3 Å². The van der Waals surface area contributed by atoms with Crippen LogP contribution in [0.2, 0.25) is 0 Å². The molecule has 0 aliphatic rings. The van der Waals surface area contributed by atoms with Gasteiger partial charge in [-0.1, -0.05) is 0 Å².